The molecule has 5 heteroatoms. The molecule has 2 aromatic carbocycles. The Labute approximate surface area is 128 Å². The van der Waals surface area contributed by atoms with Crippen molar-refractivity contribution in [2.75, 3.05) is 20.8 Å². The van der Waals surface area contributed by atoms with Gasteiger partial charge in [0.25, 0.3) is 0 Å². The van der Waals surface area contributed by atoms with E-state index in [9.17, 15) is 9.59 Å². The first-order chi connectivity index (χ1) is 10.7. The molecule has 114 valence electrons. The molecule has 0 saturated heterocycles. The highest BCUT2D eigenvalue weighted by atomic mass is 16.5. The molecule has 2 aromatic rings. The summed E-state index contributed by atoms with van der Waals surface area (Å²) < 4.78 is 15.7. The molecule has 0 fully saturated rings. The van der Waals surface area contributed by atoms with Gasteiger partial charge in [-0.25, -0.2) is 0 Å². The highest BCUT2D eigenvalue weighted by molar-refractivity contribution is 6.00. The predicted molar refractivity (Wildman–Crippen MR) is 81.2 cm³/mol. The van der Waals surface area contributed by atoms with Crippen molar-refractivity contribution in [2.24, 2.45) is 0 Å². The van der Waals surface area contributed by atoms with Crippen LogP contribution < -0.4 is 14.2 Å². The summed E-state index contributed by atoms with van der Waals surface area (Å²) in [4.78, 5) is 22.8. The van der Waals surface area contributed by atoms with Crippen LogP contribution in [0.4, 0.5) is 0 Å². The summed E-state index contributed by atoms with van der Waals surface area (Å²) in [6.07, 6.45) is 0.747. The van der Waals surface area contributed by atoms with E-state index < -0.39 is 0 Å². The average molecular weight is 300 g/mol. The molecule has 0 saturated carbocycles. The molecule has 0 heterocycles. The average Bonchev–Trinajstić information content (AvgIpc) is 2.59. The van der Waals surface area contributed by atoms with E-state index in [0.29, 0.717) is 28.4 Å². The topological polar surface area (TPSA) is 61.8 Å². The number of methoxy groups -OCH3 is 2. The number of carbonyl (C=O) groups is 2. The number of carbonyl (C=O) groups excluding carboxylic acids is 2. The lowest BCUT2D eigenvalue weighted by molar-refractivity contribution is 0.0918. The van der Waals surface area contributed by atoms with E-state index in [4.69, 9.17) is 14.2 Å². The Bertz CT molecular complexity index is 661. The second kappa shape index (κ2) is 7.26. The van der Waals surface area contributed by atoms with Crippen LogP contribution in [0.3, 0.4) is 0 Å². The third-order valence-corrected chi connectivity index (χ3v) is 3.10. The van der Waals surface area contributed by atoms with Crippen LogP contribution in [-0.2, 0) is 0 Å². The van der Waals surface area contributed by atoms with Crippen LogP contribution in [0.2, 0.25) is 0 Å². The summed E-state index contributed by atoms with van der Waals surface area (Å²) >= 11 is 0. The maximum atomic E-state index is 12.2. The Balaban J connectivity index is 2.06. The lowest BCUT2D eigenvalue weighted by Crippen LogP contribution is -2.12. The smallest absolute Gasteiger partial charge is 0.203 e. The summed E-state index contributed by atoms with van der Waals surface area (Å²) in [5.41, 5.74) is 0.975. The summed E-state index contributed by atoms with van der Waals surface area (Å²) in [6, 6.07) is 11.5. The van der Waals surface area contributed by atoms with Crippen LogP contribution in [0.5, 0.6) is 17.2 Å². The molecule has 0 bridgehead atoms. The molecule has 0 aromatic heterocycles. The van der Waals surface area contributed by atoms with E-state index in [0.717, 1.165) is 6.29 Å². The first-order valence-corrected chi connectivity index (χ1v) is 6.61. The highest BCUT2D eigenvalue weighted by Gasteiger charge is 2.14. The van der Waals surface area contributed by atoms with E-state index in [-0.39, 0.29) is 12.4 Å². The monoisotopic (exact) mass is 300 g/mol. The minimum Gasteiger partial charge on any atom is -0.497 e. The first-order valence-electron chi connectivity index (χ1n) is 6.61. The van der Waals surface area contributed by atoms with Crippen molar-refractivity contribution in [1.29, 1.82) is 0 Å². The van der Waals surface area contributed by atoms with E-state index in [1.165, 1.54) is 7.11 Å². The zero-order chi connectivity index (χ0) is 15.9. The van der Waals surface area contributed by atoms with Crippen molar-refractivity contribution in [1.82, 2.24) is 0 Å². The zero-order valence-corrected chi connectivity index (χ0v) is 12.4. The van der Waals surface area contributed by atoms with Crippen molar-refractivity contribution >= 4 is 12.1 Å². The number of hydrogen-bond donors (Lipinski definition) is 0. The molecule has 22 heavy (non-hydrogen) atoms. The molecule has 0 aliphatic rings. The van der Waals surface area contributed by atoms with Gasteiger partial charge in [0, 0.05) is 11.6 Å². The fourth-order valence-corrected chi connectivity index (χ4v) is 1.90. The van der Waals surface area contributed by atoms with Crippen molar-refractivity contribution in [2.45, 2.75) is 0 Å². The molecular formula is C17H16O5. The zero-order valence-electron chi connectivity index (χ0n) is 12.4. The second-order valence-corrected chi connectivity index (χ2v) is 4.46. The number of Topliss-reactive ketones (excluding diaryl/α,β-unsaturated/α-hetero) is 1. The van der Waals surface area contributed by atoms with E-state index in [1.807, 2.05) is 0 Å². The van der Waals surface area contributed by atoms with Crippen molar-refractivity contribution in [3.05, 3.63) is 53.6 Å². The van der Waals surface area contributed by atoms with Gasteiger partial charge in [0.2, 0.25) is 5.78 Å². The minimum absolute atomic E-state index is 0.122. The number of ketones is 1. The van der Waals surface area contributed by atoms with Gasteiger partial charge in [0.05, 0.1) is 19.8 Å². The summed E-state index contributed by atoms with van der Waals surface area (Å²) in [7, 11) is 3.03. The molecule has 0 aliphatic heterocycles. The standard InChI is InChI=1S/C17H16O5/c1-20-14-7-8-15(17(9-14)21-2)16(19)11-22-13-5-3-12(10-18)4-6-13/h3-10H,11H2,1-2H3. The van der Waals surface area contributed by atoms with E-state index in [2.05, 4.69) is 0 Å². The number of aldehydes is 1. The molecular weight excluding hydrogens is 284 g/mol. The molecule has 0 radical (unpaired) electrons. The van der Waals surface area contributed by atoms with Gasteiger partial charge < -0.3 is 14.2 Å². The van der Waals surface area contributed by atoms with Gasteiger partial charge in [-0.3, -0.25) is 9.59 Å². The quantitative estimate of drug-likeness (QED) is 0.581. The van der Waals surface area contributed by atoms with Crippen molar-refractivity contribution < 1.29 is 23.8 Å². The largest absolute Gasteiger partial charge is 0.497 e. The van der Waals surface area contributed by atoms with Crippen LogP contribution in [0.15, 0.2) is 42.5 Å². The minimum atomic E-state index is -0.209. The second-order valence-electron chi connectivity index (χ2n) is 4.46. The Morgan fingerprint density at radius 1 is 1.00 bits per heavy atom. The molecule has 0 spiro atoms. The van der Waals surface area contributed by atoms with Gasteiger partial charge >= 0.3 is 0 Å². The maximum Gasteiger partial charge on any atom is 0.203 e. The van der Waals surface area contributed by atoms with Crippen molar-refractivity contribution in [3.8, 4) is 17.2 Å². The van der Waals surface area contributed by atoms with Gasteiger partial charge in [-0.1, -0.05) is 0 Å². The fraction of sp³-hybridized carbons (Fsp3) is 0.176. The maximum absolute atomic E-state index is 12.2. The van der Waals surface area contributed by atoms with Gasteiger partial charge in [-0.05, 0) is 36.4 Å². The molecule has 2 rings (SSSR count). The highest BCUT2D eigenvalue weighted by Crippen LogP contribution is 2.25. The van der Waals surface area contributed by atoms with E-state index >= 15 is 0 Å². The molecule has 0 atom stereocenters. The third-order valence-electron chi connectivity index (χ3n) is 3.10. The number of benzene rings is 2. The van der Waals surface area contributed by atoms with Crippen LogP contribution in [-0.4, -0.2) is 32.9 Å². The lowest BCUT2D eigenvalue weighted by atomic mass is 10.1. The van der Waals surface area contributed by atoms with Gasteiger partial charge in [-0.15, -0.1) is 0 Å². The molecule has 5 nitrogen and oxygen atoms in total. The Morgan fingerprint density at radius 2 is 1.68 bits per heavy atom. The Kier molecular flexibility index (Phi) is 5.14. The normalized spacial score (nSPS) is 9.91. The van der Waals surface area contributed by atoms with Gasteiger partial charge in [0.15, 0.2) is 6.61 Å². The Morgan fingerprint density at radius 3 is 2.27 bits per heavy atom. The summed E-state index contributed by atoms with van der Waals surface area (Å²) in [6.45, 7) is -0.122. The van der Waals surface area contributed by atoms with Crippen LogP contribution in [0, 0.1) is 0 Å². The third kappa shape index (κ3) is 3.63. The summed E-state index contributed by atoms with van der Waals surface area (Å²) in [5.74, 6) is 1.36. The first kappa shape index (κ1) is 15.6. The number of rotatable bonds is 7. The SMILES string of the molecule is COc1ccc(C(=O)COc2ccc(C=O)cc2)c(OC)c1. The van der Waals surface area contributed by atoms with Gasteiger partial charge in [0.1, 0.15) is 23.5 Å². The van der Waals surface area contributed by atoms with Gasteiger partial charge in [-0.2, -0.15) is 0 Å². The predicted octanol–water partition coefficient (Wildman–Crippen LogP) is 2.78. The lowest BCUT2D eigenvalue weighted by Gasteiger charge is -2.10. The van der Waals surface area contributed by atoms with Crippen LogP contribution in [0.1, 0.15) is 20.7 Å². The van der Waals surface area contributed by atoms with Crippen LogP contribution >= 0.6 is 0 Å². The molecule has 0 N–H and O–H groups in total. The summed E-state index contributed by atoms with van der Waals surface area (Å²) in [5, 5.41) is 0. The molecule has 0 amide bonds. The van der Waals surface area contributed by atoms with E-state index in [1.54, 1.807) is 49.6 Å². The number of ether oxygens (including phenoxy) is 3. The molecule has 0 aliphatic carbocycles. The number of hydrogen-bond acceptors (Lipinski definition) is 5. The Hall–Kier alpha value is -2.82. The molecule has 0 unspecified atom stereocenters. The van der Waals surface area contributed by atoms with Crippen LogP contribution in [0.25, 0.3) is 0 Å². The van der Waals surface area contributed by atoms with Crippen molar-refractivity contribution in [3.63, 3.8) is 0 Å². The fourth-order valence-electron chi connectivity index (χ4n) is 1.90.